The van der Waals surface area contributed by atoms with E-state index in [1.54, 1.807) is 0 Å². The van der Waals surface area contributed by atoms with Crippen molar-refractivity contribution in [2.45, 2.75) is 20.1 Å². The van der Waals surface area contributed by atoms with Crippen LogP contribution in [0.1, 0.15) is 12.5 Å². The molecule has 102 valence electrons. The molecule has 3 nitrogen and oxygen atoms in total. The van der Waals surface area contributed by atoms with Crippen LogP contribution in [0.5, 0.6) is 5.75 Å². The summed E-state index contributed by atoms with van der Waals surface area (Å²) in [5, 5.41) is 1.10. The number of fused-ring (bicyclic) bond motifs is 1. The van der Waals surface area contributed by atoms with Gasteiger partial charge < -0.3 is 15.0 Å². The van der Waals surface area contributed by atoms with Gasteiger partial charge in [-0.15, -0.1) is 0 Å². The van der Waals surface area contributed by atoms with Crippen LogP contribution in [0.25, 0.3) is 10.9 Å². The van der Waals surface area contributed by atoms with Crippen molar-refractivity contribution in [1.29, 1.82) is 0 Å². The third-order valence-electron chi connectivity index (χ3n) is 3.50. The molecule has 0 fully saturated rings. The van der Waals surface area contributed by atoms with Crippen LogP contribution in [-0.2, 0) is 13.2 Å². The van der Waals surface area contributed by atoms with Crippen LogP contribution >= 0.6 is 0 Å². The van der Waals surface area contributed by atoms with Crippen molar-refractivity contribution in [2.75, 3.05) is 5.73 Å². The second kappa shape index (κ2) is 5.29. The minimum Gasteiger partial charge on any atom is -0.489 e. The van der Waals surface area contributed by atoms with Crippen LogP contribution in [0, 0.1) is 0 Å². The molecule has 3 heteroatoms. The minimum atomic E-state index is 0.529. The predicted octanol–water partition coefficient (Wildman–Crippen LogP) is 3.82. The molecule has 0 amide bonds. The Balaban J connectivity index is 1.95. The monoisotopic (exact) mass is 266 g/mol. The van der Waals surface area contributed by atoms with Gasteiger partial charge in [0.15, 0.2) is 0 Å². The van der Waals surface area contributed by atoms with Crippen LogP contribution in [0.2, 0.25) is 0 Å². The molecule has 0 bridgehead atoms. The van der Waals surface area contributed by atoms with Crippen LogP contribution < -0.4 is 10.5 Å². The molecule has 3 rings (SSSR count). The van der Waals surface area contributed by atoms with Crippen molar-refractivity contribution in [2.24, 2.45) is 0 Å². The molecule has 0 atom stereocenters. The number of hydrogen-bond acceptors (Lipinski definition) is 2. The van der Waals surface area contributed by atoms with Gasteiger partial charge in [-0.3, -0.25) is 0 Å². The third kappa shape index (κ3) is 2.23. The lowest BCUT2D eigenvalue weighted by molar-refractivity contribution is 0.307. The van der Waals surface area contributed by atoms with Gasteiger partial charge in [0.1, 0.15) is 12.4 Å². The molecule has 0 saturated heterocycles. The van der Waals surface area contributed by atoms with E-state index in [-0.39, 0.29) is 0 Å². The van der Waals surface area contributed by atoms with Gasteiger partial charge in [-0.2, -0.15) is 0 Å². The molecular formula is C17H18N2O. The lowest BCUT2D eigenvalue weighted by atomic mass is 10.1. The van der Waals surface area contributed by atoms with Gasteiger partial charge in [-0.05, 0) is 31.2 Å². The number of anilines is 1. The molecule has 1 heterocycles. The maximum atomic E-state index is 6.13. The summed E-state index contributed by atoms with van der Waals surface area (Å²) >= 11 is 0. The topological polar surface area (TPSA) is 40.2 Å². The molecule has 0 saturated carbocycles. The van der Waals surface area contributed by atoms with Crippen molar-refractivity contribution in [3.8, 4) is 5.75 Å². The summed E-state index contributed by atoms with van der Waals surface area (Å²) in [6.45, 7) is 3.58. The zero-order chi connectivity index (χ0) is 13.9. The Bertz CT molecular complexity index is 716. The van der Waals surface area contributed by atoms with E-state index in [2.05, 4.69) is 23.8 Å². The average Bonchev–Trinajstić information content (AvgIpc) is 2.86. The fourth-order valence-electron chi connectivity index (χ4n) is 2.52. The Labute approximate surface area is 118 Å². The van der Waals surface area contributed by atoms with E-state index in [1.165, 1.54) is 5.52 Å². The summed E-state index contributed by atoms with van der Waals surface area (Å²) in [5.74, 6) is 0.874. The molecule has 2 N–H and O–H groups in total. The van der Waals surface area contributed by atoms with Gasteiger partial charge in [0, 0.05) is 29.4 Å². The lowest BCUT2D eigenvalue weighted by Crippen LogP contribution is -1.95. The fourth-order valence-corrected chi connectivity index (χ4v) is 2.52. The van der Waals surface area contributed by atoms with E-state index >= 15 is 0 Å². The first-order chi connectivity index (χ1) is 9.79. The van der Waals surface area contributed by atoms with Crippen LogP contribution in [0.15, 0.2) is 54.7 Å². The number of aryl methyl sites for hydroxylation is 1. The number of nitrogens with zero attached hydrogens (tertiary/aromatic N) is 1. The van der Waals surface area contributed by atoms with E-state index in [9.17, 15) is 0 Å². The van der Waals surface area contributed by atoms with Gasteiger partial charge in [-0.25, -0.2) is 0 Å². The van der Waals surface area contributed by atoms with Gasteiger partial charge in [-0.1, -0.05) is 24.3 Å². The Morgan fingerprint density at radius 3 is 2.60 bits per heavy atom. The molecule has 0 spiro atoms. The number of ether oxygens (including phenoxy) is 1. The van der Waals surface area contributed by atoms with Crippen molar-refractivity contribution in [3.05, 3.63) is 60.3 Å². The quantitative estimate of drug-likeness (QED) is 0.729. The summed E-state index contributed by atoms with van der Waals surface area (Å²) in [5.41, 5.74) is 9.23. The molecular weight excluding hydrogens is 248 g/mol. The van der Waals surface area contributed by atoms with Gasteiger partial charge in [0.2, 0.25) is 0 Å². The highest BCUT2D eigenvalue weighted by molar-refractivity contribution is 5.94. The Morgan fingerprint density at radius 2 is 1.85 bits per heavy atom. The molecule has 0 unspecified atom stereocenters. The fraction of sp³-hybridized carbons (Fsp3) is 0.176. The number of rotatable bonds is 4. The highest BCUT2D eigenvalue weighted by atomic mass is 16.5. The molecule has 2 aromatic carbocycles. The van der Waals surface area contributed by atoms with Gasteiger partial charge >= 0.3 is 0 Å². The van der Waals surface area contributed by atoms with Crippen LogP contribution in [0.4, 0.5) is 5.69 Å². The first kappa shape index (κ1) is 12.6. The van der Waals surface area contributed by atoms with Crippen molar-refractivity contribution in [1.82, 2.24) is 4.57 Å². The Kier molecular flexibility index (Phi) is 3.33. The van der Waals surface area contributed by atoms with Gasteiger partial charge in [0.05, 0.1) is 5.52 Å². The highest BCUT2D eigenvalue weighted by Gasteiger charge is 2.10. The molecule has 3 aromatic rings. The number of benzene rings is 2. The predicted molar refractivity (Wildman–Crippen MR) is 82.8 cm³/mol. The van der Waals surface area contributed by atoms with Crippen LogP contribution in [-0.4, -0.2) is 4.57 Å². The van der Waals surface area contributed by atoms with Crippen molar-refractivity contribution < 1.29 is 4.74 Å². The summed E-state index contributed by atoms with van der Waals surface area (Å²) in [7, 11) is 0. The average molecular weight is 266 g/mol. The third-order valence-corrected chi connectivity index (χ3v) is 3.50. The zero-order valence-corrected chi connectivity index (χ0v) is 11.5. The smallest absolute Gasteiger partial charge is 0.119 e. The SMILES string of the molecule is CCn1cc(COc2ccccc2)c2c(N)cccc21. The number of para-hydroxylation sites is 1. The standard InChI is InChI=1S/C17H18N2O/c1-2-19-11-13(12-20-14-7-4-3-5-8-14)17-15(18)9-6-10-16(17)19/h3-11H,2,12,18H2,1H3. The summed E-state index contributed by atoms with van der Waals surface area (Å²) in [6.07, 6.45) is 2.13. The maximum absolute atomic E-state index is 6.13. The molecule has 0 aliphatic heterocycles. The van der Waals surface area contributed by atoms with Crippen molar-refractivity contribution in [3.63, 3.8) is 0 Å². The number of hydrogen-bond donors (Lipinski definition) is 1. The molecule has 1 aromatic heterocycles. The summed E-state index contributed by atoms with van der Waals surface area (Å²) < 4.78 is 8.05. The number of aromatic nitrogens is 1. The van der Waals surface area contributed by atoms with Gasteiger partial charge in [0.25, 0.3) is 0 Å². The molecule has 20 heavy (non-hydrogen) atoms. The largest absolute Gasteiger partial charge is 0.489 e. The van der Waals surface area contributed by atoms with Crippen molar-refractivity contribution >= 4 is 16.6 Å². The van der Waals surface area contributed by atoms with E-state index in [0.717, 1.165) is 28.9 Å². The zero-order valence-electron chi connectivity index (χ0n) is 11.5. The van der Waals surface area contributed by atoms with Crippen LogP contribution in [0.3, 0.4) is 0 Å². The van der Waals surface area contributed by atoms with E-state index < -0.39 is 0 Å². The number of nitrogens with two attached hydrogens (primary N) is 1. The molecule has 0 aliphatic rings. The first-order valence-electron chi connectivity index (χ1n) is 6.83. The maximum Gasteiger partial charge on any atom is 0.119 e. The Hall–Kier alpha value is -2.42. The molecule has 0 radical (unpaired) electrons. The highest BCUT2D eigenvalue weighted by Crippen LogP contribution is 2.28. The Morgan fingerprint density at radius 1 is 1.05 bits per heavy atom. The minimum absolute atomic E-state index is 0.529. The second-order valence-corrected chi connectivity index (χ2v) is 4.78. The lowest BCUT2D eigenvalue weighted by Gasteiger charge is -2.05. The number of nitrogen functional groups attached to an aromatic ring is 1. The second-order valence-electron chi connectivity index (χ2n) is 4.78. The van der Waals surface area contributed by atoms with E-state index in [1.807, 2.05) is 42.5 Å². The van der Waals surface area contributed by atoms with E-state index in [4.69, 9.17) is 10.5 Å². The first-order valence-corrected chi connectivity index (χ1v) is 6.83. The normalized spacial score (nSPS) is 10.8. The van der Waals surface area contributed by atoms with E-state index in [0.29, 0.717) is 6.61 Å². The molecule has 0 aliphatic carbocycles. The summed E-state index contributed by atoms with van der Waals surface area (Å²) in [4.78, 5) is 0. The summed E-state index contributed by atoms with van der Waals surface area (Å²) in [6, 6.07) is 15.9.